The standard InChI is InChI=1S/C21H25ClN2O.2ClH/c22-18-6-3-5-17(14-18)20(24-11-9-23-10-12-24)15-21-19-7-2-1-4-16(19)8-13-25-21;;/h1-7,14,20-21,23H,8-13,15H2;2*1H. The third-order valence-electron chi connectivity index (χ3n) is 5.36. The number of nitrogens with zero attached hydrogens (tertiary/aromatic N) is 1. The van der Waals surface area contributed by atoms with E-state index in [1.54, 1.807) is 0 Å². The molecule has 2 atom stereocenters. The Hall–Kier alpha value is -0.810. The highest BCUT2D eigenvalue weighted by atomic mass is 35.5. The van der Waals surface area contributed by atoms with Gasteiger partial charge in [0, 0.05) is 37.2 Å². The Bertz CT molecular complexity index is 722. The first-order chi connectivity index (χ1) is 12.3. The maximum absolute atomic E-state index is 6.29. The molecule has 0 aromatic heterocycles. The molecule has 4 rings (SSSR count). The van der Waals surface area contributed by atoms with Gasteiger partial charge in [-0.05, 0) is 41.7 Å². The van der Waals surface area contributed by atoms with E-state index in [2.05, 4.69) is 52.7 Å². The molecule has 2 unspecified atom stereocenters. The number of nitrogens with one attached hydrogen (secondary N) is 1. The zero-order chi connectivity index (χ0) is 17.1. The molecule has 0 radical (unpaired) electrons. The maximum atomic E-state index is 6.29. The molecule has 27 heavy (non-hydrogen) atoms. The number of fused-ring (bicyclic) bond motifs is 1. The number of ether oxygens (including phenoxy) is 1. The van der Waals surface area contributed by atoms with Gasteiger partial charge in [-0.2, -0.15) is 0 Å². The Balaban J connectivity index is 0.00000131. The number of benzene rings is 2. The van der Waals surface area contributed by atoms with E-state index in [4.69, 9.17) is 16.3 Å². The van der Waals surface area contributed by atoms with E-state index >= 15 is 0 Å². The summed E-state index contributed by atoms with van der Waals surface area (Å²) in [5, 5.41) is 4.26. The number of hydrogen-bond acceptors (Lipinski definition) is 3. The summed E-state index contributed by atoms with van der Waals surface area (Å²) >= 11 is 6.29. The van der Waals surface area contributed by atoms with Gasteiger partial charge in [0.1, 0.15) is 0 Å². The lowest BCUT2D eigenvalue weighted by Crippen LogP contribution is -2.45. The summed E-state index contributed by atoms with van der Waals surface area (Å²) in [4.78, 5) is 2.57. The third-order valence-corrected chi connectivity index (χ3v) is 5.59. The van der Waals surface area contributed by atoms with E-state index in [9.17, 15) is 0 Å². The molecule has 0 saturated carbocycles. The molecule has 6 heteroatoms. The summed E-state index contributed by atoms with van der Waals surface area (Å²) in [5.74, 6) is 0. The van der Waals surface area contributed by atoms with Crippen LogP contribution < -0.4 is 5.32 Å². The van der Waals surface area contributed by atoms with E-state index in [-0.39, 0.29) is 30.9 Å². The number of piperazine rings is 1. The minimum absolute atomic E-state index is 0. The van der Waals surface area contributed by atoms with Crippen LogP contribution in [0.3, 0.4) is 0 Å². The molecule has 2 aromatic carbocycles. The SMILES string of the molecule is Cl.Cl.Clc1cccc(C(CC2OCCc3ccccc32)N2CCNCC2)c1. The van der Waals surface area contributed by atoms with Gasteiger partial charge >= 0.3 is 0 Å². The molecular formula is C21H27Cl3N2O. The Morgan fingerprint density at radius 1 is 1.07 bits per heavy atom. The van der Waals surface area contributed by atoms with E-state index in [1.807, 2.05) is 6.07 Å². The van der Waals surface area contributed by atoms with Crippen molar-refractivity contribution in [1.82, 2.24) is 10.2 Å². The van der Waals surface area contributed by atoms with Crippen LogP contribution in [0.1, 0.15) is 35.3 Å². The normalized spacial score (nSPS) is 20.7. The van der Waals surface area contributed by atoms with Crippen molar-refractivity contribution in [1.29, 1.82) is 0 Å². The van der Waals surface area contributed by atoms with Crippen LogP contribution in [0.15, 0.2) is 48.5 Å². The summed E-state index contributed by atoms with van der Waals surface area (Å²) in [7, 11) is 0. The summed E-state index contributed by atoms with van der Waals surface area (Å²) < 4.78 is 6.20. The van der Waals surface area contributed by atoms with Crippen molar-refractivity contribution >= 4 is 36.4 Å². The van der Waals surface area contributed by atoms with E-state index in [0.29, 0.717) is 6.04 Å². The fourth-order valence-electron chi connectivity index (χ4n) is 4.08. The minimum Gasteiger partial charge on any atom is -0.373 e. The van der Waals surface area contributed by atoms with E-state index in [0.717, 1.165) is 50.7 Å². The molecule has 148 valence electrons. The quantitative estimate of drug-likeness (QED) is 0.753. The molecule has 0 amide bonds. The highest BCUT2D eigenvalue weighted by Crippen LogP contribution is 2.37. The molecule has 0 spiro atoms. The fraction of sp³-hybridized carbons (Fsp3) is 0.429. The average molecular weight is 430 g/mol. The molecule has 2 aliphatic rings. The van der Waals surface area contributed by atoms with Gasteiger partial charge in [-0.25, -0.2) is 0 Å². The smallest absolute Gasteiger partial charge is 0.0846 e. The summed E-state index contributed by atoms with van der Waals surface area (Å²) in [6.07, 6.45) is 2.14. The molecule has 1 N–H and O–H groups in total. The highest BCUT2D eigenvalue weighted by Gasteiger charge is 2.29. The van der Waals surface area contributed by atoms with Crippen LogP contribution >= 0.6 is 36.4 Å². The lowest BCUT2D eigenvalue weighted by molar-refractivity contribution is 0.0119. The zero-order valence-corrected chi connectivity index (χ0v) is 17.7. The van der Waals surface area contributed by atoms with Crippen molar-refractivity contribution in [2.75, 3.05) is 32.8 Å². The van der Waals surface area contributed by atoms with E-state index in [1.165, 1.54) is 16.7 Å². The predicted molar refractivity (Wildman–Crippen MR) is 117 cm³/mol. The van der Waals surface area contributed by atoms with Crippen LogP contribution in [0.4, 0.5) is 0 Å². The van der Waals surface area contributed by atoms with Crippen LogP contribution in [-0.2, 0) is 11.2 Å². The second-order valence-electron chi connectivity index (χ2n) is 6.90. The summed E-state index contributed by atoms with van der Waals surface area (Å²) in [6.45, 7) is 5.01. The van der Waals surface area contributed by atoms with Gasteiger partial charge in [-0.1, -0.05) is 48.0 Å². The van der Waals surface area contributed by atoms with Crippen molar-refractivity contribution in [3.8, 4) is 0 Å². The molecule has 1 fully saturated rings. The molecule has 2 aromatic rings. The molecular weight excluding hydrogens is 403 g/mol. The van der Waals surface area contributed by atoms with Crippen molar-refractivity contribution in [3.05, 3.63) is 70.2 Å². The Labute approximate surface area is 179 Å². The van der Waals surface area contributed by atoms with Gasteiger partial charge in [0.15, 0.2) is 0 Å². The first-order valence-electron chi connectivity index (χ1n) is 9.21. The van der Waals surface area contributed by atoms with Crippen LogP contribution in [0.25, 0.3) is 0 Å². The van der Waals surface area contributed by atoms with Gasteiger partial charge in [0.25, 0.3) is 0 Å². The lowest BCUT2D eigenvalue weighted by Gasteiger charge is -2.38. The summed E-state index contributed by atoms with van der Waals surface area (Å²) in [6, 6.07) is 17.4. The van der Waals surface area contributed by atoms with Gasteiger partial charge in [0.2, 0.25) is 0 Å². The topological polar surface area (TPSA) is 24.5 Å². The number of rotatable bonds is 4. The second kappa shape index (κ2) is 10.7. The zero-order valence-electron chi connectivity index (χ0n) is 15.3. The van der Waals surface area contributed by atoms with Gasteiger partial charge in [-0.15, -0.1) is 24.8 Å². The third kappa shape index (κ3) is 5.38. The van der Waals surface area contributed by atoms with Crippen molar-refractivity contribution in [3.63, 3.8) is 0 Å². The number of halogens is 3. The fourth-order valence-corrected chi connectivity index (χ4v) is 4.28. The predicted octanol–water partition coefficient (Wildman–Crippen LogP) is 4.83. The maximum Gasteiger partial charge on any atom is 0.0846 e. The van der Waals surface area contributed by atoms with Gasteiger partial charge < -0.3 is 10.1 Å². The Kier molecular flexibility index (Phi) is 8.87. The average Bonchev–Trinajstić information content (AvgIpc) is 2.67. The van der Waals surface area contributed by atoms with Crippen LogP contribution in [0, 0.1) is 0 Å². The van der Waals surface area contributed by atoms with Crippen molar-refractivity contribution < 1.29 is 4.74 Å². The monoisotopic (exact) mass is 428 g/mol. The molecule has 2 heterocycles. The lowest BCUT2D eigenvalue weighted by atomic mass is 9.90. The van der Waals surface area contributed by atoms with Gasteiger partial charge in [0.05, 0.1) is 12.7 Å². The van der Waals surface area contributed by atoms with E-state index < -0.39 is 0 Å². The Morgan fingerprint density at radius 3 is 2.63 bits per heavy atom. The second-order valence-corrected chi connectivity index (χ2v) is 7.34. The first kappa shape index (κ1) is 22.5. The molecule has 0 bridgehead atoms. The number of hydrogen-bond donors (Lipinski definition) is 1. The highest BCUT2D eigenvalue weighted by molar-refractivity contribution is 6.30. The van der Waals surface area contributed by atoms with Crippen molar-refractivity contribution in [2.24, 2.45) is 0 Å². The van der Waals surface area contributed by atoms with Crippen LogP contribution in [0.5, 0.6) is 0 Å². The van der Waals surface area contributed by atoms with Gasteiger partial charge in [-0.3, -0.25) is 4.90 Å². The van der Waals surface area contributed by atoms with Crippen molar-refractivity contribution in [2.45, 2.75) is 25.0 Å². The minimum atomic E-state index is 0. The Morgan fingerprint density at radius 2 is 1.85 bits per heavy atom. The molecule has 3 nitrogen and oxygen atoms in total. The molecule has 2 aliphatic heterocycles. The first-order valence-corrected chi connectivity index (χ1v) is 9.59. The largest absolute Gasteiger partial charge is 0.373 e. The summed E-state index contributed by atoms with van der Waals surface area (Å²) in [5.41, 5.74) is 4.08. The molecule has 0 aliphatic carbocycles. The van der Waals surface area contributed by atoms with Crippen LogP contribution in [0.2, 0.25) is 5.02 Å². The van der Waals surface area contributed by atoms with Crippen LogP contribution in [-0.4, -0.2) is 37.7 Å². The molecule has 1 saturated heterocycles.